The lowest BCUT2D eigenvalue weighted by Crippen LogP contribution is -1.92. The summed E-state index contributed by atoms with van der Waals surface area (Å²) in [7, 11) is 0. The molecule has 3 heteroatoms. The Morgan fingerprint density at radius 2 is 2.45 bits per heavy atom. The summed E-state index contributed by atoms with van der Waals surface area (Å²) >= 11 is 0. The summed E-state index contributed by atoms with van der Waals surface area (Å²) in [5.41, 5.74) is 0. The molecule has 1 atom stereocenters. The van der Waals surface area contributed by atoms with Crippen LogP contribution < -0.4 is 0 Å². The first-order valence-corrected chi connectivity index (χ1v) is 3.92. The molecule has 0 amide bonds. The van der Waals surface area contributed by atoms with Gasteiger partial charge in [-0.15, -0.1) is 0 Å². The smallest absolute Gasteiger partial charge is 0.110 e. The minimum absolute atomic E-state index is 0.0794. The van der Waals surface area contributed by atoms with E-state index in [2.05, 4.69) is 0 Å². The highest BCUT2D eigenvalue weighted by Gasteiger charge is 2.20. The van der Waals surface area contributed by atoms with Gasteiger partial charge in [0.05, 0.1) is 25.6 Å². The topological polar surface area (TPSA) is 42.0 Å². The molecule has 0 spiro atoms. The third-order valence-corrected chi connectivity index (χ3v) is 1.46. The summed E-state index contributed by atoms with van der Waals surface area (Å²) in [6.45, 7) is 1.39. The van der Waals surface area contributed by atoms with Crippen molar-refractivity contribution in [1.82, 2.24) is 0 Å². The Balaban J connectivity index is 1.80. The Morgan fingerprint density at radius 3 is 3.09 bits per heavy atom. The predicted octanol–water partition coefficient (Wildman–Crippen LogP) is 0.688. The van der Waals surface area contributed by atoms with Gasteiger partial charge in [-0.05, 0) is 18.9 Å². The van der Waals surface area contributed by atoms with Crippen molar-refractivity contribution in [3.8, 4) is 0 Å². The second-order valence-corrected chi connectivity index (χ2v) is 2.50. The second-order valence-electron chi connectivity index (χ2n) is 2.50. The van der Waals surface area contributed by atoms with Crippen molar-refractivity contribution in [2.75, 3.05) is 19.8 Å². The van der Waals surface area contributed by atoms with Crippen LogP contribution in [0.4, 0.5) is 0 Å². The van der Waals surface area contributed by atoms with Gasteiger partial charge in [0.2, 0.25) is 0 Å². The average molecular weight is 158 g/mol. The number of aliphatic hydroxyl groups is 1. The number of allylic oxidation sites excluding steroid dienone is 1. The third kappa shape index (κ3) is 4.81. The van der Waals surface area contributed by atoms with E-state index in [-0.39, 0.29) is 6.61 Å². The Labute approximate surface area is 66.6 Å². The number of ether oxygens (including phenoxy) is 2. The van der Waals surface area contributed by atoms with E-state index >= 15 is 0 Å². The highest BCUT2D eigenvalue weighted by Crippen LogP contribution is 2.15. The summed E-state index contributed by atoms with van der Waals surface area (Å²) in [6, 6.07) is 0. The molecular formula is C8H14O3. The highest BCUT2D eigenvalue weighted by molar-refractivity contribution is 4.78. The first-order valence-electron chi connectivity index (χ1n) is 3.92. The maximum atomic E-state index is 8.34. The van der Waals surface area contributed by atoms with Gasteiger partial charge in [-0.3, -0.25) is 0 Å². The van der Waals surface area contributed by atoms with Gasteiger partial charge in [-0.2, -0.15) is 0 Å². The summed E-state index contributed by atoms with van der Waals surface area (Å²) in [4.78, 5) is 0. The van der Waals surface area contributed by atoms with Gasteiger partial charge in [0, 0.05) is 0 Å². The Bertz CT molecular complexity index is 119. The van der Waals surface area contributed by atoms with E-state index in [1.165, 1.54) is 0 Å². The first-order chi connectivity index (χ1) is 5.43. The largest absolute Gasteiger partial charge is 0.499 e. The molecule has 0 saturated carbocycles. The molecule has 1 aliphatic rings. The molecule has 1 saturated heterocycles. The van der Waals surface area contributed by atoms with Crippen LogP contribution >= 0.6 is 0 Å². The van der Waals surface area contributed by atoms with Gasteiger partial charge in [0.25, 0.3) is 0 Å². The monoisotopic (exact) mass is 158 g/mol. The van der Waals surface area contributed by atoms with Crippen molar-refractivity contribution in [2.24, 2.45) is 0 Å². The predicted molar refractivity (Wildman–Crippen MR) is 41.2 cm³/mol. The van der Waals surface area contributed by atoms with Crippen molar-refractivity contribution in [2.45, 2.75) is 18.9 Å². The Hall–Kier alpha value is -0.540. The zero-order valence-electron chi connectivity index (χ0n) is 6.53. The molecule has 1 fully saturated rings. The number of hydrogen-bond donors (Lipinski definition) is 1. The number of hydrogen-bond acceptors (Lipinski definition) is 3. The van der Waals surface area contributed by atoms with Crippen LogP contribution in [0.5, 0.6) is 0 Å². The molecule has 0 aliphatic carbocycles. The lowest BCUT2D eigenvalue weighted by molar-refractivity contribution is 0.165. The molecule has 1 rings (SSSR count). The van der Waals surface area contributed by atoms with Gasteiger partial charge >= 0.3 is 0 Å². The van der Waals surface area contributed by atoms with Crippen molar-refractivity contribution >= 4 is 0 Å². The van der Waals surface area contributed by atoms with Gasteiger partial charge < -0.3 is 14.6 Å². The molecule has 0 radical (unpaired) electrons. The van der Waals surface area contributed by atoms with E-state index in [0.29, 0.717) is 12.7 Å². The first kappa shape index (κ1) is 8.56. The lowest BCUT2D eigenvalue weighted by Gasteiger charge is -1.94. The quantitative estimate of drug-likeness (QED) is 0.351. The number of epoxide rings is 1. The van der Waals surface area contributed by atoms with Crippen LogP contribution in [0.2, 0.25) is 0 Å². The normalized spacial score (nSPS) is 22.5. The standard InChI is InChI=1S/C8H14O3/c9-4-6-10-5-2-1-3-8-7-11-8/h2,5,8-9H,1,3-4,6-7H2. The molecule has 0 aromatic carbocycles. The van der Waals surface area contributed by atoms with E-state index in [0.717, 1.165) is 19.4 Å². The van der Waals surface area contributed by atoms with Crippen LogP contribution in [0.3, 0.4) is 0 Å². The fourth-order valence-corrected chi connectivity index (χ4v) is 0.774. The van der Waals surface area contributed by atoms with Gasteiger partial charge in [0.1, 0.15) is 6.61 Å². The third-order valence-electron chi connectivity index (χ3n) is 1.46. The highest BCUT2D eigenvalue weighted by atomic mass is 16.6. The van der Waals surface area contributed by atoms with Crippen molar-refractivity contribution in [3.63, 3.8) is 0 Å². The summed E-state index contributed by atoms with van der Waals surface area (Å²) in [5.74, 6) is 0. The van der Waals surface area contributed by atoms with Crippen molar-refractivity contribution in [3.05, 3.63) is 12.3 Å². The molecule has 64 valence electrons. The summed E-state index contributed by atoms with van der Waals surface area (Å²) in [5, 5.41) is 8.34. The van der Waals surface area contributed by atoms with Gasteiger partial charge in [-0.25, -0.2) is 0 Å². The van der Waals surface area contributed by atoms with Gasteiger partial charge in [-0.1, -0.05) is 0 Å². The Morgan fingerprint density at radius 1 is 1.64 bits per heavy atom. The fourth-order valence-electron chi connectivity index (χ4n) is 0.774. The molecule has 1 heterocycles. The maximum Gasteiger partial charge on any atom is 0.110 e. The van der Waals surface area contributed by atoms with Crippen molar-refractivity contribution < 1.29 is 14.6 Å². The molecule has 11 heavy (non-hydrogen) atoms. The summed E-state index contributed by atoms with van der Waals surface area (Å²) < 4.78 is 9.94. The minimum Gasteiger partial charge on any atom is -0.499 e. The van der Waals surface area contributed by atoms with E-state index in [4.69, 9.17) is 14.6 Å². The zero-order chi connectivity index (χ0) is 7.94. The lowest BCUT2D eigenvalue weighted by atomic mass is 10.2. The molecule has 3 nitrogen and oxygen atoms in total. The van der Waals surface area contributed by atoms with E-state index < -0.39 is 0 Å². The second kappa shape index (κ2) is 5.16. The molecule has 0 bridgehead atoms. The molecule has 1 aliphatic heterocycles. The van der Waals surface area contributed by atoms with E-state index in [1.807, 2.05) is 6.08 Å². The number of rotatable bonds is 6. The van der Waals surface area contributed by atoms with Crippen LogP contribution in [-0.4, -0.2) is 31.0 Å². The molecule has 1 unspecified atom stereocenters. The van der Waals surface area contributed by atoms with E-state index in [9.17, 15) is 0 Å². The number of aliphatic hydroxyl groups excluding tert-OH is 1. The maximum absolute atomic E-state index is 8.34. The minimum atomic E-state index is 0.0794. The molecular weight excluding hydrogens is 144 g/mol. The fraction of sp³-hybridized carbons (Fsp3) is 0.750. The molecule has 0 aromatic rings. The van der Waals surface area contributed by atoms with E-state index in [1.54, 1.807) is 6.26 Å². The average Bonchev–Trinajstić information content (AvgIpc) is 2.80. The zero-order valence-corrected chi connectivity index (χ0v) is 6.53. The van der Waals surface area contributed by atoms with Crippen LogP contribution in [-0.2, 0) is 9.47 Å². The summed E-state index contributed by atoms with van der Waals surface area (Å²) in [6.07, 6.45) is 6.17. The van der Waals surface area contributed by atoms with Crippen LogP contribution in [0.15, 0.2) is 12.3 Å². The molecule has 0 aromatic heterocycles. The SMILES string of the molecule is OCCOC=CCCC1CO1. The van der Waals surface area contributed by atoms with Crippen LogP contribution in [0, 0.1) is 0 Å². The van der Waals surface area contributed by atoms with Crippen molar-refractivity contribution in [1.29, 1.82) is 0 Å². The van der Waals surface area contributed by atoms with Crippen LogP contribution in [0.1, 0.15) is 12.8 Å². The van der Waals surface area contributed by atoms with Gasteiger partial charge in [0.15, 0.2) is 0 Å². The Kier molecular flexibility index (Phi) is 4.01. The van der Waals surface area contributed by atoms with Crippen LogP contribution in [0.25, 0.3) is 0 Å². The molecule has 1 N–H and O–H groups in total.